The van der Waals surface area contributed by atoms with E-state index in [9.17, 15) is 15.0 Å². The van der Waals surface area contributed by atoms with Gasteiger partial charge in [0.15, 0.2) is 5.65 Å². The van der Waals surface area contributed by atoms with Crippen LogP contribution in [0.25, 0.3) is 11.2 Å². The van der Waals surface area contributed by atoms with Gasteiger partial charge in [-0.05, 0) is 37.3 Å². The molecule has 5 rings (SSSR count). The van der Waals surface area contributed by atoms with Crippen LogP contribution in [0.3, 0.4) is 0 Å². The number of amides is 1. The summed E-state index contributed by atoms with van der Waals surface area (Å²) in [6.45, 7) is 1.82. The van der Waals surface area contributed by atoms with Gasteiger partial charge in [0.25, 0.3) is 0 Å². The highest BCUT2D eigenvalue weighted by molar-refractivity contribution is 7.16. The molecule has 0 saturated heterocycles. The Morgan fingerprint density at radius 2 is 2.17 bits per heavy atom. The monoisotopic (exact) mass is 443 g/mol. The summed E-state index contributed by atoms with van der Waals surface area (Å²) in [5.41, 5.74) is 0.818. The van der Waals surface area contributed by atoms with Crippen LogP contribution in [0.4, 0.5) is 0 Å². The molecule has 2 fully saturated rings. The maximum Gasteiger partial charge on any atom is 0.229 e. The second-order valence-corrected chi connectivity index (χ2v) is 9.38. The molecule has 2 saturated carbocycles. The molecule has 0 aliphatic heterocycles. The van der Waals surface area contributed by atoms with Gasteiger partial charge in [-0.25, -0.2) is 15.0 Å². The first-order chi connectivity index (χ1) is 14.4. The first kappa shape index (κ1) is 19.5. The van der Waals surface area contributed by atoms with Gasteiger partial charge in [0.05, 0.1) is 38.8 Å². The number of aryl methyl sites for hydroxylation is 1. The van der Waals surface area contributed by atoms with E-state index < -0.39 is 23.7 Å². The van der Waals surface area contributed by atoms with E-state index in [4.69, 9.17) is 11.6 Å². The smallest absolute Gasteiger partial charge is 0.229 e. The lowest BCUT2D eigenvalue weighted by atomic mass is 9.98. The Balaban J connectivity index is 1.56. The first-order valence-electron chi connectivity index (χ1n) is 9.43. The van der Waals surface area contributed by atoms with Crippen LogP contribution >= 0.6 is 22.9 Å². The molecule has 0 bridgehead atoms. The molecule has 0 radical (unpaired) electrons. The lowest BCUT2D eigenvalue weighted by Crippen LogP contribution is -2.41. The van der Waals surface area contributed by atoms with Gasteiger partial charge >= 0.3 is 0 Å². The van der Waals surface area contributed by atoms with Crippen LogP contribution in [-0.4, -0.2) is 54.9 Å². The SMILES string of the molecule is CNC(=O)[C@@]12C[C@@H]1[C@@H](n1cnc3c(C)nc(C#Cc4ccc(Cl)s4)nc31)C(O)C2O. The highest BCUT2D eigenvalue weighted by Crippen LogP contribution is 2.67. The van der Waals surface area contributed by atoms with Gasteiger partial charge in [-0.1, -0.05) is 11.6 Å². The van der Waals surface area contributed by atoms with Crippen molar-refractivity contribution >= 4 is 40.0 Å². The number of aromatic nitrogens is 4. The molecule has 3 aromatic rings. The molecule has 10 heteroatoms. The Morgan fingerprint density at radius 3 is 2.87 bits per heavy atom. The fraction of sp³-hybridized carbons (Fsp3) is 0.400. The van der Waals surface area contributed by atoms with Crippen molar-refractivity contribution in [2.24, 2.45) is 11.3 Å². The number of nitrogens with one attached hydrogen (secondary N) is 1. The molecule has 0 spiro atoms. The zero-order valence-corrected chi connectivity index (χ0v) is 17.7. The van der Waals surface area contributed by atoms with Gasteiger partial charge in [-0.2, -0.15) is 0 Å². The van der Waals surface area contributed by atoms with Gasteiger partial charge < -0.3 is 20.1 Å². The minimum absolute atomic E-state index is 0.196. The normalized spacial score (nSPS) is 29.4. The molecule has 2 aliphatic carbocycles. The molecule has 0 aromatic carbocycles. The Hall–Kier alpha value is -2.51. The molecule has 3 N–H and O–H groups in total. The number of hydrogen-bond donors (Lipinski definition) is 3. The van der Waals surface area contributed by atoms with Crippen molar-refractivity contribution in [3.8, 4) is 11.8 Å². The maximum atomic E-state index is 12.4. The summed E-state index contributed by atoms with van der Waals surface area (Å²) >= 11 is 7.32. The van der Waals surface area contributed by atoms with Crippen LogP contribution in [-0.2, 0) is 4.79 Å². The number of carbonyl (C=O) groups is 1. The lowest BCUT2D eigenvalue weighted by Gasteiger charge is -2.23. The molecular formula is C20H18ClN5O3S. The van der Waals surface area contributed by atoms with Crippen molar-refractivity contribution in [3.05, 3.63) is 39.2 Å². The molecule has 30 heavy (non-hydrogen) atoms. The number of fused-ring (bicyclic) bond motifs is 2. The summed E-state index contributed by atoms with van der Waals surface area (Å²) in [7, 11) is 1.54. The Kier molecular flexibility index (Phi) is 4.38. The van der Waals surface area contributed by atoms with E-state index in [1.807, 2.05) is 13.0 Å². The summed E-state index contributed by atoms with van der Waals surface area (Å²) in [6.07, 6.45) is -0.154. The van der Waals surface area contributed by atoms with Crippen molar-refractivity contribution in [1.82, 2.24) is 24.8 Å². The molecular weight excluding hydrogens is 426 g/mol. The number of nitrogens with zero attached hydrogens (tertiary/aromatic N) is 4. The molecule has 154 valence electrons. The minimum atomic E-state index is -1.14. The fourth-order valence-corrected chi connectivity index (χ4v) is 5.51. The summed E-state index contributed by atoms with van der Waals surface area (Å²) < 4.78 is 2.40. The number of imidazole rings is 1. The van der Waals surface area contributed by atoms with Crippen LogP contribution in [0, 0.1) is 30.1 Å². The molecule has 3 aromatic heterocycles. The van der Waals surface area contributed by atoms with Crippen molar-refractivity contribution in [1.29, 1.82) is 0 Å². The Morgan fingerprint density at radius 1 is 1.37 bits per heavy atom. The van der Waals surface area contributed by atoms with E-state index in [2.05, 4.69) is 32.1 Å². The van der Waals surface area contributed by atoms with E-state index in [1.165, 1.54) is 18.4 Å². The Labute approximate surface area is 180 Å². The standard InChI is InChI=1S/C20H18ClN5O3S/c1-9-14-18(25-13(24-9)6-4-10-3-5-12(21)30-10)26(8-23-14)15-11-7-20(11,19(29)22-2)17(28)16(15)27/h3,5,8,11,15-17,27-28H,7H2,1-2H3,(H,22,29)/t11-,15-,16?,17?,20+/m1/s1. The lowest BCUT2D eigenvalue weighted by molar-refractivity contribution is -0.132. The second-order valence-electron chi connectivity index (χ2n) is 7.67. The predicted octanol–water partition coefficient (Wildman–Crippen LogP) is 1.28. The summed E-state index contributed by atoms with van der Waals surface area (Å²) in [5, 5.41) is 24.0. The number of halogens is 1. The predicted molar refractivity (Wildman–Crippen MR) is 111 cm³/mol. The third-order valence-electron chi connectivity index (χ3n) is 6.11. The molecule has 2 unspecified atom stereocenters. The molecule has 5 atom stereocenters. The van der Waals surface area contributed by atoms with E-state index in [0.29, 0.717) is 33.4 Å². The second kappa shape index (κ2) is 6.75. The Bertz CT molecular complexity index is 1240. The molecule has 1 amide bonds. The van der Waals surface area contributed by atoms with Gasteiger partial charge in [-0.3, -0.25) is 4.79 Å². The fourth-order valence-electron chi connectivity index (χ4n) is 4.62. The number of carbonyl (C=O) groups excluding carboxylic acids is 1. The van der Waals surface area contributed by atoms with E-state index in [1.54, 1.807) is 17.0 Å². The van der Waals surface area contributed by atoms with Crippen LogP contribution in [0.5, 0.6) is 0 Å². The number of thiophene rings is 1. The van der Waals surface area contributed by atoms with Gasteiger partial charge in [-0.15, -0.1) is 11.3 Å². The third kappa shape index (κ3) is 2.68. The quantitative estimate of drug-likeness (QED) is 0.514. The van der Waals surface area contributed by atoms with Crippen molar-refractivity contribution in [2.75, 3.05) is 7.05 Å². The third-order valence-corrected chi connectivity index (χ3v) is 7.26. The topological polar surface area (TPSA) is 113 Å². The summed E-state index contributed by atoms with van der Waals surface area (Å²) in [6, 6.07) is 3.10. The highest BCUT2D eigenvalue weighted by Gasteiger charge is 2.75. The largest absolute Gasteiger partial charge is 0.389 e. The van der Waals surface area contributed by atoms with Gasteiger partial charge in [0.2, 0.25) is 11.7 Å². The molecule has 2 aliphatic rings. The number of rotatable bonds is 2. The van der Waals surface area contributed by atoms with E-state index >= 15 is 0 Å². The summed E-state index contributed by atoms with van der Waals surface area (Å²) in [5.74, 6) is 5.84. The van der Waals surface area contributed by atoms with Crippen LogP contribution in [0.2, 0.25) is 4.34 Å². The van der Waals surface area contributed by atoms with Gasteiger partial charge in [0, 0.05) is 13.0 Å². The highest BCUT2D eigenvalue weighted by atomic mass is 35.5. The van der Waals surface area contributed by atoms with Crippen LogP contribution < -0.4 is 5.32 Å². The average molecular weight is 444 g/mol. The van der Waals surface area contributed by atoms with Crippen LogP contribution in [0.15, 0.2) is 18.5 Å². The van der Waals surface area contributed by atoms with Crippen molar-refractivity contribution in [2.45, 2.75) is 31.6 Å². The van der Waals surface area contributed by atoms with E-state index in [0.717, 1.165) is 4.88 Å². The van der Waals surface area contributed by atoms with Gasteiger partial charge in [0.1, 0.15) is 11.6 Å². The van der Waals surface area contributed by atoms with Crippen LogP contribution in [0.1, 0.15) is 28.9 Å². The zero-order chi connectivity index (χ0) is 21.2. The average Bonchev–Trinajstić information content (AvgIpc) is 2.98. The number of aliphatic hydroxyl groups excluding tert-OH is 2. The minimum Gasteiger partial charge on any atom is -0.389 e. The number of aliphatic hydroxyl groups is 2. The molecule has 3 heterocycles. The van der Waals surface area contributed by atoms with Crippen molar-refractivity contribution < 1.29 is 15.0 Å². The number of hydrogen-bond acceptors (Lipinski definition) is 7. The maximum absolute atomic E-state index is 12.4. The zero-order valence-electron chi connectivity index (χ0n) is 16.1. The molecule has 8 nitrogen and oxygen atoms in total. The van der Waals surface area contributed by atoms with E-state index in [-0.39, 0.29) is 11.8 Å². The van der Waals surface area contributed by atoms with Crippen molar-refractivity contribution in [3.63, 3.8) is 0 Å². The first-order valence-corrected chi connectivity index (χ1v) is 10.6. The summed E-state index contributed by atoms with van der Waals surface area (Å²) in [4.78, 5) is 26.6.